The molecule has 1 aliphatic carbocycles. The van der Waals surface area contributed by atoms with Gasteiger partial charge in [0.05, 0.1) is 0 Å². The number of benzene rings is 1. The maximum absolute atomic E-state index is 9.51. The lowest BCUT2D eigenvalue weighted by atomic mass is 9.88. The predicted molar refractivity (Wildman–Crippen MR) is 105 cm³/mol. The molecular weight excluding hydrogens is 308 g/mol. The summed E-state index contributed by atoms with van der Waals surface area (Å²) < 4.78 is 0. The van der Waals surface area contributed by atoms with Crippen molar-refractivity contribution in [1.29, 1.82) is 0 Å². The van der Waals surface area contributed by atoms with Gasteiger partial charge in [-0.3, -0.25) is 4.90 Å². The van der Waals surface area contributed by atoms with Crippen molar-refractivity contribution in [3.8, 4) is 0 Å². The minimum absolute atomic E-state index is 0.323. The van der Waals surface area contributed by atoms with Crippen molar-refractivity contribution in [3.05, 3.63) is 35.9 Å². The van der Waals surface area contributed by atoms with Crippen LogP contribution in [0.3, 0.4) is 0 Å². The van der Waals surface area contributed by atoms with Gasteiger partial charge in [0, 0.05) is 38.8 Å². The van der Waals surface area contributed by atoms with Crippen LogP contribution in [0.15, 0.2) is 30.3 Å². The summed E-state index contributed by atoms with van der Waals surface area (Å²) in [6, 6.07) is 11.4. The van der Waals surface area contributed by atoms with Gasteiger partial charge in [-0.05, 0) is 50.1 Å². The number of hydrogen-bond donors (Lipinski definition) is 1. The molecule has 0 unspecified atom stereocenters. The number of hydrogen-bond acceptors (Lipinski definition) is 3. The zero-order valence-electron chi connectivity index (χ0n) is 15.8. The van der Waals surface area contributed by atoms with Gasteiger partial charge < -0.3 is 10.0 Å². The quantitative estimate of drug-likeness (QED) is 0.781. The van der Waals surface area contributed by atoms with Crippen molar-refractivity contribution in [2.75, 3.05) is 39.3 Å². The maximum Gasteiger partial charge on any atom is 0.0446 e. The Hall–Kier alpha value is -0.900. The van der Waals surface area contributed by atoms with Gasteiger partial charge in [0.1, 0.15) is 0 Å². The molecule has 0 amide bonds. The van der Waals surface area contributed by atoms with E-state index >= 15 is 0 Å². The standard InChI is InChI=1S/C22H36N2O/c25-17-13-22-19-23(14-7-12-20-8-3-1-4-9-20)15-16-24(22)18-21-10-5-2-6-11-21/h1,3-4,8-9,21-22,25H,2,5-7,10-19H2/t22-/m0/s1. The monoisotopic (exact) mass is 344 g/mol. The van der Waals surface area contributed by atoms with Crippen LogP contribution in [-0.4, -0.2) is 60.3 Å². The molecule has 1 N–H and O–H groups in total. The lowest BCUT2D eigenvalue weighted by Gasteiger charge is -2.43. The average molecular weight is 345 g/mol. The van der Waals surface area contributed by atoms with Crippen LogP contribution in [0.2, 0.25) is 0 Å². The molecule has 0 bridgehead atoms. The van der Waals surface area contributed by atoms with Gasteiger partial charge in [-0.2, -0.15) is 0 Å². The summed E-state index contributed by atoms with van der Waals surface area (Å²) in [5.41, 5.74) is 1.45. The SMILES string of the molecule is OCC[C@H]1CN(CCCc2ccccc2)CCN1CC1CCCCC1. The Morgan fingerprint density at radius 1 is 1.00 bits per heavy atom. The maximum atomic E-state index is 9.51. The first-order chi connectivity index (χ1) is 12.3. The minimum Gasteiger partial charge on any atom is -0.396 e. The molecule has 2 fully saturated rings. The third-order valence-corrected chi connectivity index (χ3v) is 6.15. The van der Waals surface area contributed by atoms with Crippen LogP contribution in [0.5, 0.6) is 0 Å². The highest BCUT2D eigenvalue weighted by Gasteiger charge is 2.28. The molecule has 25 heavy (non-hydrogen) atoms. The molecule has 3 heteroatoms. The number of piperazine rings is 1. The molecule has 1 saturated heterocycles. The number of rotatable bonds is 8. The van der Waals surface area contributed by atoms with Crippen LogP contribution < -0.4 is 0 Å². The third kappa shape index (κ3) is 6.09. The molecule has 0 aromatic heterocycles. The Morgan fingerprint density at radius 3 is 2.56 bits per heavy atom. The first kappa shape index (κ1) is 18.9. The van der Waals surface area contributed by atoms with Gasteiger partial charge in [0.15, 0.2) is 0 Å². The van der Waals surface area contributed by atoms with Crippen molar-refractivity contribution in [2.45, 2.75) is 57.4 Å². The summed E-state index contributed by atoms with van der Waals surface area (Å²) in [6.07, 6.45) is 10.5. The average Bonchev–Trinajstić information content (AvgIpc) is 2.66. The summed E-state index contributed by atoms with van der Waals surface area (Å²) in [5.74, 6) is 0.902. The summed E-state index contributed by atoms with van der Waals surface area (Å²) >= 11 is 0. The molecule has 0 radical (unpaired) electrons. The van der Waals surface area contributed by atoms with E-state index in [2.05, 4.69) is 40.1 Å². The van der Waals surface area contributed by atoms with E-state index in [1.807, 2.05) is 0 Å². The fraction of sp³-hybridized carbons (Fsp3) is 0.727. The Kier molecular flexibility index (Phi) is 7.78. The Morgan fingerprint density at radius 2 is 1.80 bits per heavy atom. The molecule has 1 aromatic carbocycles. The van der Waals surface area contributed by atoms with Gasteiger partial charge in [0.2, 0.25) is 0 Å². The van der Waals surface area contributed by atoms with Crippen molar-refractivity contribution in [2.24, 2.45) is 5.92 Å². The van der Waals surface area contributed by atoms with Crippen LogP contribution in [0.4, 0.5) is 0 Å². The van der Waals surface area contributed by atoms with E-state index in [0.717, 1.165) is 18.9 Å². The van der Waals surface area contributed by atoms with Gasteiger partial charge in [-0.15, -0.1) is 0 Å². The molecule has 1 aliphatic heterocycles. The lowest BCUT2D eigenvalue weighted by Crippen LogP contribution is -2.54. The van der Waals surface area contributed by atoms with Crippen LogP contribution in [0.1, 0.15) is 50.5 Å². The van der Waals surface area contributed by atoms with Crippen LogP contribution in [0, 0.1) is 5.92 Å². The van der Waals surface area contributed by atoms with Crippen molar-refractivity contribution >= 4 is 0 Å². The van der Waals surface area contributed by atoms with Crippen LogP contribution in [0.25, 0.3) is 0 Å². The van der Waals surface area contributed by atoms with Gasteiger partial charge >= 0.3 is 0 Å². The minimum atomic E-state index is 0.323. The van der Waals surface area contributed by atoms with Gasteiger partial charge in [0.25, 0.3) is 0 Å². The molecule has 3 rings (SSSR count). The van der Waals surface area contributed by atoms with E-state index in [1.165, 1.54) is 76.7 Å². The van der Waals surface area contributed by atoms with Crippen molar-refractivity contribution in [3.63, 3.8) is 0 Å². The zero-order valence-corrected chi connectivity index (χ0v) is 15.8. The van der Waals surface area contributed by atoms with E-state index in [-0.39, 0.29) is 0 Å². The van der Waals surface area contributed by atoms with Gasteiger partial charge in [-0.1, -0.05) is 49.6 Å². The largest absolute Gasteiger partial charge is 0.396 e. The summed E-state index contributed by atoms with van der Waals surface area (Å²) in [7, 11) is 0. The van der Waals surface area contributed by atoms with Gasteiger partial charge in [-0.25, -0.2) is 0 Å². The predicted octanol–water partition coefficient (Wildman–Crippen LogP) is 3.57. The highest BCUT2D eigenvalue weighted by atomic mass is 16.3. The molecular formula is C22H36N2O. The molecule has 3 nitrogen and oxygen atoms in total. The third-order valence-electron chi connectivity index (χ3n) is 6.15. The number of aliphatic hydroxyl groups is 1. The summed E-state index contributed by atoms with van der Waals surface area (Å²) in [6.45, 7) is 6.30. The molecule has 0 spiro atoms. The molecule has 1 saturated carbocycles. The number of nitrogens with zero attached hydrogens (tertiary/aromatic N) is 2. The fourth-order valence-corrected chi connectivity index (χ4v) is 4.68. The zero-order chi connectivity index (χ0) is 17.3. The Balaban J connectivity index is 1.43. The molecule has 2 aliphatic rings. The first-order valence-corrected chi connectivity index (χ1v) is 10.5. The number of aryl methyl sites for hydroxylation is 1. The summed E-state index contributed by atoms with van der Waals surface area (Å²) in [4.78, 5) is 5.32. The Labute approximate surface area is 154 Å². The van der Waals surface area contributed by atoms with E-state index in [9.17, 15) is 5.11 Å². The van der Waals surface area contributed by atoms with Crippen molar-refractivity contribution in [1.82, 2.24) is 9.80 Å². The number of aliphatic hydroxyl groups excluding tert-OH is 1. The van der Waals surface area contributed by atoms with E-state index < -0.39 is 0 Å². The van der Waals surface area contributed by atoms with Crippen molar-refractivity contribution < 1.29 is 5.11 Å². The van der Waals surface area contributed by atoms with Crippen LogP contribution >= 0.6 is 0 Å². The molecule has 1 aromatic rings. The van der Waals surface area contributed by atoms with Crippen LogP contribution in [-0.2, 0) is 6.42 Å². The molecule has 1 atom stereocenters. The smallest absolute Gasteiger partial charge is 0.0446 e. The second kappa shape index (κ2) is 10.3. The first-order valence-electron chi connectivity index (χ1n) is 10.5. The van der Waals surface area contributed by atoms with E-state index in [4.69, 9.17) is 0 Å². The summed E-state index contributed by atoms with van der Waals surface area (Å²) in [5, 5.41) is 9.51. The second-order valence-electron chi connectivity index (χ2n) is 8.05. The van der Waals surface area contributed by atoms with E-state index in [0.29, 0.717) is 12.6 Å². The van der Waals surface area contributed by atoms with E-state index in [1.54, 1.807) is 0 Å². The topological polar surface area (TPSA) is 26.7 Å². The fourth-order valence-electron chi connectivity index (χ4n) is 4.68. The lowest BCUT2D eigenvalue weighted by molar-refractivity contribution is 0.0430. The molecule has 1 heterocycles. The molecule has 140 valence electrons. The normalized spacial score (nSPS) is 23.8. The highest BCUT2D eigenvalue weighted by Crippen LogP contribution is 2.26. The highest BCUT2D eigenvalue weighted by molar-refractivity contribution is 5.14. The second-order valence-corrected chi connectivity index (χ2v) is 8.05. The Bertz CT molecular complexity index is 472.